The van der Waals surface area contributed by atoms with Gasteiger partial charge < -0.3 is 23.5 Å². The summed E-state index contributed by atoms with van der Waals surface area (Å²) in [5.74, 6) is 2.20. The maximum absolute atomic E-state index is 13.2. The van der Waals surface area contributed by atoms with E-state index < -0.39 is 0 Å². The van der Waals surface area contributed by atoms with Crippen molar-refractivity contribution in [3.8, 4) is 17.2 Å². The Kier molecular flexibility index (Phi) is 5.82. The molecule has 6 rings (SSSR count). The molecule has 2 aliphatic heterocycles. The Morgan fingerprint density at radius 3 is 2.86 bits per heavy atom. The third-order valence-electron chi connectivity index (χ3n) is 6.62. The number of Topliss-reactive ketones (excluding diaryl/α,β-unsaturated/α-hetero) is 1. The number of halogens is 1. The number of aryl methyl sites for hydroxylation is 1. The molecule has 0 bridgehead atoms. The highest BCUT2D eigenvalue weighted by molar-refractivity contribution is 9.10. The molecule has 0 aliphatic carbocycles. The van der Waals surface area contributed by atoms with Gasteiger partial charge in [-0.2, -0.15) is 0 Å². The summed E-state index contributed by atoms with van der Waals surface area (Å²) in [6.45, 7) is 5.90. The number of rotatable bonds is 5. The highest BCUT2D eigenvalue weighted by Crippen LogP contribution is 2.40. The quantitative estimate of drug-likeness (QED) is 0.258. The van der Waals surface area contributed by atoms with Crippen LogP contribution < -0.4 is 14.2 Å². The first-order chi connectivity index (χ1) is 17.5. The van der Waals surface area contributed by atoms with E-state index in [9.17, 15) is 4.79 Å². The predicted molar refractivity (Wildman–Crippen MR) is 140 cm³/mol. The zero-order valence-corrected chi connectivity index (χ0v) is 21.6. The van der Waals surface area contributed by atoms with Crippen molar-refractivity contribution < 1.29 is 23.7 Å². The number of aromatic nitrogens is 1. The molecule has 0 atom stereocenters. The zero-order chi connectivity index (χ0) is 24.8. The van der Waals surface area contributed by atoms with E-state index in [1.165, 1.54) is 0 Å². The molecule has 0 fully saturated rings. The monoisotopic (exact) mass is 545 g/mol. The van der Waals surface area contributed by atoms with Crippen LogP contribution in [0.15, 0.2) is 65.0 Å². The average molecular weight is 546 g/mol. The minimum Gasteiger partial charge on any atom is -0.488 e. The van der Waals surface area contributed by atoms with Gasteiger partial charge in [0.05, 0.1) is 12.2 Å². The molecule has 0 N–H and O–H groups in total. The highest BCUT2D eigenvalue weighted by atomic mass is 79.9. The van der Waals surface area contributed by atoms with Crippen LogP contribution >= 0.6 is 15.9 Å². The zero-order valence-electron chi connectivity index (χ0n) is 20.0. The van der Waals surface area contributed by atoms with Crippen LogP contribution in [0.25, 0.3) is 17.0 Å². The number of ether oxygens (including phenoxy) is 4. The van der Waals surface area contributed by atoms with Gasteiger partial charge in [0.1, 0.15) is 23.9 Å². The Balaban J connectivity index is 1.28. The lowest BCUT2D eigenvalue weighted by Gasteiger charge is -2.21. The van der Waals surface area contributed by atoms with Crippen molar-refractivity contribution in [2.75, 3.05) is 6.79 Å². The predicted octanol–water partition coefficient (Wildman–Crippen LogP) is 6.79. The van der Waals surface area contributed by atoms with E-state index >= 15 is 0 Å². The minimum atomic E-state index is -0.123. The maximum Gasteiger partial charge on any atom is 0.231 e. The Labute approximate surface area is 217 Å². The Hall–Kier alpha value is -3.55. The first-order valence-electron chi connectivity index (χ1n) is 11.8. The number of para-hydroxylation sites is 1. The molecule has 0 radical (unpaired) electrons. The van der Waals surface area contributed by atoms with Crippen LogP contribution in [0.4, 0.5) is 0 Å². The van der Waals surface area contributed by atoms with Crippen molar-refractivity contribution in [1.29, 1.82) is 0 Å². The fourth-order valence-corrected chi connectivity index (χ4v) is 5.39. The third-order valence-corrected chi connectivity index (χ3v) is 7.08. The van der Waals surface area contributed by atoms with Crippen molar-refractivity contribution in [1.82, 2.24) is 4.57 Å². The van der Waals surface area contributed by atoms with E-state index in [4.69, 9.17) is 18.9 Å². The van der Waals surface area contributed by atoms with Gasteiger partial charge in [0.15, 0.2) is 12.6 Å². The second-order valence-electron chi connectivity index (χ2n) is 8.85. The number of hydrogen-bond donors (Lipinski definition) is 0. The molecule has 182 valence electrons. The summed E-state index contributed by atoms with van der Waals surface area (Å²) in [6.07, 6.45) is 3.90. The van der Waals surface area contributed by atoms with Crippen molar-refractivity contribution in [2.24, 2.45) is 0 Å². The summed E-state index contributed by atoms with van der Waals surface area (Å²) in [6, 6.07) is 15.8. The molecule has 3 heterocycles. The minimum absolute atomic E-state index is 0.123. The van der Waals surface area contributed by atoms with Gasteiger partial charge in [0, 0.05) is 50.4 Å². The first kappa shape index (κ1) is 22.9. The summed E-state index contributed by atoms with van der Waals surface area (Å²) in [5.41, 5.74) is 5.33. The molecule has 3 aromatic carbocycles. The van der Waals surface area contributed by atoms with E-state index in [0.29, 0.717) is 36.0 Å². The molecule has 6 nitrogen and oxygen atoms in total. The van der Waals surface area contributed by atoms with Crippen molar-refractivity contribution in [3.05, 3.63) is 92.8 Å². The van der Waals surface area contributed by atoms with Crippen LogP contribution in [-0.4, -0.2) is 17.1 Å². The fourth-order valence-electron chi connectivity index (χ4n) is 4.84. The van der Waals surface area contributed by atoms with Crippen LogP contribution in [0, 0.1) is 6.92 Å². The summed E-state index contributed by atoms with van der Waals surface area (Å²) >= 11 is 3.55. The molecule has 2 aliphatic rings. The van der Waals surface area contributed by atoms with Gasteiger partial charge in [0.25, 0.3) is 0 Å². The SMILES string of the molecule is CCn1cc(/C=C2\Oc3c(ccc(OCc4cc(Br)cc5c4OCOC5)c3C)C2=O)c2ccccc21. The summed E-state index contributed by atoms with van der Waals surface area (Å²) < 4.78 is 26.5. The molecule has 36 heavy (non-hydrogen) atoms. The summed E-state index contributed by atoms with van der Waals surface area (Å²) in [4.78, 5) is 13.2. The van der Waals surface area contributed by atoms with Crippen LogP contribution in [0.5, 0.6) is 17.2 Å². The smallest absolute Gasteiger partial charge is 0.231 e. The number of carbonyl (C=O) groups is 1. The van der Waals surface area contributed by atoms with E-state index in [0.717, 1.165) is 49.9 Å². The third kappa shape index (κ3) is 3.88. The number of hydrogen-bond acceptors (Lipinski definition) is 5. The standard InChI is InChI=1S/C29H24BrNO5/c1-3-31-13-18(22-6-4-5-7-24(22)31)12-26-27(32)23-8-9-25(17(2)28(23)36-26)34-15-20-11-21(30)10-19-14-33-16-35-29(19)20/h4-13H,3,14-16H2,1-2H3/b26-12-. The van der Waals surface area contributed by atoms with Gasteiger partial charge in [-0.15, -0.1) is 0 Å². The number of nitrogens with zero attached hydrogens (tertiary/aromatic N) is 1. The molecule has 4 aromatic rings. The lowest BCUT2D eigenvalue weighted by atomic mass is 10.1. The normalized spacial score (nSPS) is 15.5. The Morgan fingerprint density at radius 1 is 1.14 bits per heavy atom. The summed E-state index contributed by atoms with van der Waals surface area (Å²) in [5, 5.41) is 1.09. The van der Waals surface area contributed by atoms with Gasteiger partial charge in [-0.25, -0.2) is 0 Å². The van der Waals surface area contributed by atoms with Crippen molar-refractivity contribution in [3.63, 3.8) is 0 Å². The van der Waals surface area contributed by atoms with Crippen LogP contribution in [0.3, 0.4) is 0 Å². The van der Waals surface area contributed by atoms with Gasteiger partial charge in [0.2, 0.25) is 5.78 Å². The lowest BCUT2D eigenvalue weighted by molar-refractivity contribution is -0.0176. The molecule has 0 unspecified atom stereocenters. The van der Waals surface area contributed by atoms with Crippen LogP contribution in [-0.2, 0) is 24.5 Å². The second-order valence-corrected chi connectivity index (χ2v) is 9.76. The second kappa shape index (κ2) is 9.15. The van der Waals surface area contributed by atoms with E-state index in [-0.39, 0.29) is 12.6 Å². The number of fused-ring (bicyclic) bond motifs is 3. The molecule has 0 saturated carbocycles. The molecule has 0 spiro atoms. The molecule has 0 saturated heterocycles. The molecular weight excluding hydrogens is 522 g/mol. The molecule has 0 amide bonds. The van der Waals surface area contributed by atoms with E-state index in [1.807, 2.05) is 43.3 Å². The maximum atomic E-state index is 13.2. The van der Waals surface area contributed by atoms with Gasteiger partial charge >= 0.3 is 0 Å². The van der Waals surface area contributed by atoms with Gasteiger partial charge in [-0.05, 0) is 50.3 Å². The molecular formula is C29H24BrNO5. The highest BCUT2D eigenvalue weighted by Gasteiger charge is 2.30. The van der Waals surface area contributed by atoms with Crippen LogP contribution in [0.1, 0.15) is 39.5 Å². The average Bonchev–Trinajstić information content (AvgIpc) is 3.41. The largest absolute Gasteiger partial charge is 0.488 e. The fraction of sp³-hybridized carbons (Fsp3) is 0.207. The molecule has 1 aromatic heterocycles. The Morgan fingerprint density at radius 2 is 2.00 bits per heavy atom. The van der Waals surface area contributed by atoms with Crippen molar-refractivity contribution in [2.45, 2.75) is 33.6 Å². The number of allylic oxidation sites excluding steroid dienone is 1. The van der Waals surface area contributed by atoms with E-state index in [2.05, 4.69) is 45.8 Å². The number of benzene rings is 3. The number of carbonyl (C=O) groups excluding carboxylic acids is 1. The topological polar surface area (TPSA) is 58.9 Å². The van der Waals surface area contributed by atoms with E-state index in [1.54, 1.807) is 6.07 Å². The first-order valence-corrected chi connectivity index (χ1v) is 12.6. The number of ketones is 1. The van der Waals surface area contributed by atoms with Crippen LogP contribution in [0.2, 0.25) is 0 Å². The Bertz CT molecular complexity index is 1550. The van der Waals surface area contributed by atoms with Gasteiger partial charge in [-0.1, -0.05) is 34.1 Å². The van der Waals surface area contributed by atoms with Gasteiger partial charge in [-0.3, -0.25) is 4.79 Å². The summed E-state index contributed by atoms with van der Waals surface area (Å²) in [7, 11) is 0. The lowest BCUT2D eigenvalue weighted by Crippen LogP contribution is -2.14. The van der Waals surface area contributed by atoms with Crippen molar-refractivity contribution >= 4 is 38.7 Å². The molecule has 7 heteroatoms.